The Kier molecular flexibility index (Phi) is 3.55. The van der Waals surface area contributed by atoms with E-state index in [9.17, 15) is 0 Å². The molecule has 1 rings (SSSR count). The Hall–Kier alpha value is -0.820. The molecule has 0 aromatic carbocycles. The molecule has 0 aromatic heterocycles. The van der Waals surface area contributed by atoms with E-state index in [1.807, 2.05) is 6.08 Å². The Morgan fingerprint density at radius 3 is 2.81 bits per heavy atom. The van der Waals surface area contributed by atoms with Crippen LogP contribution in [0.1, 0.15) is 49.7 Å². The first-order valence-corrected chi connectivity index (χ1v) is 5.92. The Labute approximate surface area is 102 Å². The zero-order chi connectivity index (χ0) is 14.0. The zero-order valence-corrected chi connectivity index (χ0v) is 10.8. The van der Waals surface area contributed by atoms with E-state index in [1.165, 1.54) is 30.1 Å². The van der Waals surface area contributed by atoms with Crippen molar-refractivity contribution in [2.45, 2.75) is 47.0 Å². The van der Waals surface area contributed by atoms with Crippen molar-refractivity contribution < 1.29 is 7.85 Å². The molecule has 0 saturated heterocycles. The third-order valence-corrected chi connectivity index (χ3v) is 3.35. The van der Waals surface area contributed by atoms with Gasteiger partial charge in [-0.15, -0.1) is 0 Å². The molecule has 1 heteroatoms. The van der Waals surface area contributed by atoms with E-state index in [0.29, 0.717) is 0 Å². The largest absolute Gasteiger partial charge is 0.392 e. The van der Waals surface area contributed by atoms with Crippen molar-refractivity contribution >= 4 is 0 Å². The van der Waals surface area contributed by atoms with E-state index >= 15 is 0 Å². The van der Waals surface area contributed by atoms with Crippen LogP contribution in [0.4, 0.5) is 0 Å². The molecule has 90 valence electrons. The molecule has 0 spiro atoms. The molecule has 1 nitrogen and oxygen atoms in total. The summed E-state index contributed by atoms with van der Waals surface area (Å²) in [4.78, 5) is 0. The predicted octanol–water partition coefficient (Wildman–Crippen LogP) is 4.01. The predicted molar refractivity (Wildman–Crippen MR) is 70.3 cm³/mol. The molecule has 0 unspecified atom stereocenters. The van der Waals surface area contributed by atoms with Gasteiger partial charge in [0.15, 0.2) is 0 Å². The van der Waals surface area contributed by atoms with Gasteiger partial charge in [-0.25, -0.2) is 0 Å². The van der Waals surface area contributed by atoms with Gasteiger partial charge in [-0.05, 0) is 44.1 Å². The summed E-state index contributed by atoms with van der Waals surface area (Å²) in [5.74, 6) is 0. The lowest BCUT2D eigenvalue weighted by Gasteiger charge is -2.32. The second-order valence-corrected chi connectivity index (χ2v) is 5.28. The van der Waals surface area contributed by atoms with Crippen molar-refractivity contribution in [2.75, 3.05) is 6.56 Å². The van der Waals surface area contributed by atoms with Gasteiger partial charge in [0, 0.05) is 0 Å². The van der Waals surface area contributed by atoms with Crippen LogP contribution < -0.4 is 0 Å². The number of hydrogen-bond acceptors (Lipinski definition) is 1. The summed E-state index contributed by atoms with van der Waals surface area (Å²) < 4.78 is 14.2. The Balaban J connectivity index is 2.93. The van der Waals surface area contributed by atoms with Crippen LogP contribution in [0.2, 0.25) is 0 Å². The number of rotatable bonds is 3. The van der Waals surface area contributed by atoms with Crippen LogP contribution in [0.15, 0.2) is 34.9 Å². The van der Waals surface area contributed by atoms with E-state index in [0.717, 1.165) is 12.0 Å². The highest BCUT2D eigenvalue weighted by molar-refractivity contribution is 5.35. The molecule has 0 atom stereocenters. The van der Waals surface area contributed by atoms with Crippen LogP contribution in [0.5, 0.6) is 0 Å². The van der Waals surface area contributed by atoms with E-state index < -0.39 is 6.56 Å². The van der Waals surface area contributed by atoms with Crippen molar-refractivity contribution in [3.8, 4) is 0 Å². The van der Waals surface area contributed by atoms with Crippen LogP contribution in [-0.2, 0) is 0 Å². The summed E-state index contributed by atoms with van der Waals surface area (Å²) in [5, 5.41) is 9.09. The molecule has 16 heavy (non-hydrogen) atoms. The highest BCUT2D eigenvalue weighted by Crippen LogP contribution is 2.40. The molecule has 0 heterocycles. The third-order valence-electron chi connectivity index (χ3n) is 3.35. The van der Waals surface area contributed by atoms with Gasteiger partial charge >= 0.3 is 0 Å². The lowest BCUT2D eigenvalue weighted by Crippen LogP contribution is -2.19. The van der Waals surface area contributed by atoms with Crippen molar-refractivity contribution in [2.24, 2.45) is 5.41 Å². The molecule has 0 amide bonds. The van der Waals surface area contributed by atoms with Gasteiger partial charge in [-0.3, -0.25) is 0 Å². The van der Waals surface area contributed by atoms with Crippen LogP contribution in [-0.4, -0.2) is 11.7 Å². The maximum atomic E-state index is 9.09. The quantitative estimate of drug-likeness (QED) is 0.718. The van der Waals surface area contributed by atoms with E-state index in [-0.39, 0.29) is 5.41 Å². The Bertz CT molecular complexity index is 395. The van der Waals surface area contributed by atoms with E-state index in [1.54, 1.807) is 6.92 Å². The zero-order valence-electron chi connectivity index (χ0n) is 12.8. The first-order valence-electron chi connectivity index (χ1n) is 6.92. The number of hydrogen-bond donors (Lipinski definition) is 1. The second-order valence-electron chi connectivity index (χ2n) is 5.28. The highest BCUT2D eigenvalue weighted by atomic mass is 16.2. The van der Waals surface area contributed by atoms with Crippen molar-refractivity contribution in [3.05, 3.63) is 34.9 Å². The highest BCUT2D eigenvalue weighted by Gasteiger charge is 2.26. The molecule has 1 aliphatic carbocycles. The van der Waals surface area contributed by atoms with Crippen LogP contribution in [0, 0.1) is 5.41 Å². The van der Waals surface area contributed by atoms with E-state index in [4.69, 9.17) is 7.85 Å². The average Bonchev–Trinajstić information content (AvgIpc) is 2.12. The van der Waals surface area contributed by atoms with Crippen LogP contribution in [0.3, 0.4) is 0 Å². The van der Waals surface area contributed by atoms with Gasteiger partial charge in [0.1, 0.15) is 0 Å². The van der Waals surface area contributed by atoms with Gasteiger partial charge in [-0.1, -0.05) is 43.2 Å². The van der Waals surface area contributed by atoms with Crippen LogP contribution >= 0.6 is 0 Å². The monoisotopic (exact) mass is 224 g/mol. The average molecular weight is 224 g/mol. The number of allylic oxidation sites excluding steroid dienone is 5. The maximum absolute atomic E-state index is 9.09. The molecule has 0 aromatic rings. The molecular weight excluding hydrogens is 196 g/mol. The van der Waals surface area contributed by atoms with Crippen molar-refractivity contribution in [3.63, 3.8) is 0 Å². The fourth-order valence-corrected chi connectivity index (χ4v) is 2.38. The molecule has 1 aliphatic rings. The number of aliphatic hydroxyl groups is 1. The molecule has 0 bridgehead atoms. The van der Waals surface area contributed by atoms with Gasteiger partial charge in [-0.2, -0.15) is 0 Å². The Morgan fingerprint density at radius 1 is 1.56 bits per heavy atom. The van der Waals surface area contributed by atoms with Gasteiger partial charge in [0.25, 0.3) is 0 Å². The molecular formula is C15H24O. The molecule has 0 aliphatic heterocycles. The SMILES string of the molecule is [3H]C([3H])(O)/C=C(C)\C=C\C1=C(C)CCCC1(C)C. The van der Waals surface area contributed by atoms with Crippen molar-refractivity contribution in [1.82, 2.24) is 0 Å². The second kappa shape index (κ2) is 5.49. The fraction of sp³-hybridized carbons (Fsp3) is 0.600. The summed E-state index contributed by atoms with van der Waals surface area (Å²) in [6.45, 7) is 6.24. The summed E-state index contributed by atoms with van der Waals surface area (Å²) in [6.07, 6.45) is 8.77. The van der Waals surface area contributed by atoms with Gasteiger partial charge < -0.3 is 5.11 Å². The molecule has 0 radical (unpaired) electrons. The molecule has 0 saturated carbocycles. The lowest BCUT2D eigenvalue weighted by molar-refractivity contribution is 0.342. The summed E-state index contributed by atoms with van der Waals surface area (Å²) >= 11 is 0. The minimum Gasteiger partial charge on any atom is -0.392 e. The van der Waals surface area contributed by atoms with Crippen molar-refractivity contribution in [1.29, 1.82) is 0 Å². The first-order chi connectivity index (χ1) is 8.12. The third kappa shape index (κ3) is 3.34. The standard InChI is InChI=1S/C15H24O/c1-12(9-11-16)7-8-14-13(2)6-5-10-15(14,3)4/h7-9,16H,5-6,10-11H2,1-4H3/b8-7+,12-9-/i11T2. The Morgan fingerprint density at radius 2 is 2.25 bits per heavy atom. The normalized spacial score (nSPS) is 24.7. The maximum Gasteiger partial charge on any atom is 0.0617 e. The smallest absolute Gasteiger partial charge is 0.0617 e. The van der Waals surface area contributed by atoms with Crippen LogP contribution in [0.25, 0.3) is 0 Å². The van der Waals surface area contributed by atoms with Gasteiger partial charge in [0.2, 0.25) is 0 Å². The summed E-state index contributed by atoms with van der Waals surface area (Å²) in [6, 6.07) is 0. The minimum atomic E-state index is -2.24. The first kappa shape index (κ1) is 10.3. The molecule has 0 fully saturated rings. The van der Waals surface area contributed by atoms with E-state index in [2.05, 4.69) is 26.8 Å². The fourth-order valence-electron chi connectivity index (χ4n) is 2.38. The topological polar surface area (TPSA) is 20.2 Å². The summed E-state index contributed by atoms with van der Waals surface area (Å²) in [7, 11) is 0. The van der Waals surface area contributed by atoms with Gasteiger partial charge in [0.05, 0.1) is 9.30 Å². The lowest BCUT2D eigenvalue weighted by atomic mass is 9.72. The minimum absolute atomic E-state index is 0.192. The summed E-state index contributed by atoms with van der Waals surface area (Å²) in [5.41, 5.74) is 3.70. The molecule has 1 N–H and O–H groups in total.